The molecule has 3 rings (SSSR count). The van der Waals surface area contributed by atoms with Crippen molar-refractivity contribution in [3.8, 4) is 17.3 Å². The first-order valence-electron chi connectivity index (χ1n) is 6.98. The summed E-state index contributed by atoms with van der Waals surface area (Å²) in [4.78, 5) is 0. The molecule has 2 heterocycles. The van der Waals surface area contributed by atoms with Gasteiger partial charge in [0.25, 0.3) is 5.89 Å². The first-order chi connectivity index (χ1) is 10.6. The molecule has 2 aromatic heterocycles. The van der Waals surface area contributed by atoms with Crippen LogP contribution in [0.4, 0.5) is 0 Å². The van der Waals surface area contributed by atoms with E-state index in [4.69, 9.17) is 9.52 Å². The summed E-state index contributed by atoms with van der Waals surface area (Å²) in [6, 6.07) is 10.1. The Hall–Kier alpha value is -1.92. The molecule has 0 saturated carbocycles. The van der Waals surface area contributed by atoms with Gasteiger partial charge in [-0.2, -0.15) is 0 Å². The number of hydrogen-bond acceptors (Lipinski definition) is 4. The van der Waals surface area contributed by atoms with Crippen molar-refractivity contribution >= 4 is 15.9 Å². The number of aliphatic hydroxyl groups is 1. The molecule has 0 saturated heterocycles. The normalized spacial score (nSPS) is 11.1. The van der Waals surface area contributed by atoms with E-state index in [1.54, 1.807) is 0 Å². The molecule has 0 amide bonds. The second kappa shape index (κ2) is 6.06. The molecule has 0 radical (unpaired) electrons. The van der Waals surface area contributed by atoms with Gasteiger partial charge in [-0.15, -0.1) is 10.2 Å². The lowest BCUT2D eigenvalue weighted by Gasteiger charge is -2.10. The van der Waals surface area contributed by atoms with Crippen LogP contribution in [-0.4, -0.2) is 26.5 Å². The number of hydrogen-bond donors (Lipinski definition) is 1. The highest BCUT2D eigenvalue weighted by Gasteiger charge is 2.19. The lowest BCUT2D eigenvalue weighted by Crippen LogP contribution is -1.99. The Morgan fingerprint density at radius 1 is 1.23 bits per heavy atom. The molecule has 1 aromatic carbocycles. The van der Waals surface area contributed by atoms with Crippen LogP contribution in [0.3, 0.4) is 0 Å². The largest absolute Gasteiger partial charge is 0.419 e. The summed E-state index contributed by atoms with van der Waals surface area (Å²) < 4.78 is 8.78. The Morgan fingerprint density at radius 2 is 2.05 bits per heavy atom. The quantitative estimate of drug-likeness (QED) is 0.772. The van der Waals surface area contributed by atoms with Crippen molar-refractivity contribution in [2.45, 2.75) is 20.3 Å². The molecule has 0 bridgehead atoms. The summed E-state index contributed by atoms with van der Waals surface area (Å²) in [5, 5.41) is 17.1. The first kappa shape index (κ1) is 15.0. The van der Waals surface area contributed by atoms with Gasteiger partial charge in [0.1, 0.15) is 5.69 Å². The van der Waals surface area contributed by atoms with E-state index in [2.05, 4.69) is 36.8 Å². The van der Waals surface area contributed by atoms with Crippen molar-refractivity contribution in [2.75, 3.05) is 6.61 Å². The highest BCUT2D eigenvalue weighted by atomic mass is 79.9. The van der Waals surface area contributed by atoms with Crippen LogP contribution in [0, 0.1) is 13.8 Å². The van der Waals surface area contributed by atoms with Crippen LogP contribution in [0.5, 0.6) is 0 Å². The van der Waals surface area contributed by atoms with Crippen molar-refractivity contribution < 1.29 is 9.52 Å². The number of aryl methyl sites for hydroxylation is 2. The molecule has 114 valence electrons. The lowest BCUT2D eigenvalue weighted by molar-refractivity contribution is 0.285. The minimum absolute atomic E-state index is 0.00765. The minimum Gasteiger partial charge on any atom is -0.419 e. The Bertz CT molecular complexity index is 808. The molecule has 0 spiro atoms. The van der Waals surface area contributed by atoms with Crippen LogP contribution in [-0.2, 0) is 6.42 Å². The fourth-order valence-corrected chi connectivity index (χ4v) is 2.94. The molecule has 1 N–H and O–H groups in total. The van der Waals surface area contributed by atoms with Gasteiger partial charge in [-0.1, -0.05) is 22.0 Å². The van der Waals surface area contributed by atoms with Crippen molar-refractivity contribution in [3.05, 3.63) is 52.0 Å². The van der Waals surface area contributed by atoms with Crippen LogP contribution in [0.15, 0.2) is 39.2 Å². The Morgan fingerprint density at radius 3 is 2.77 bits per heavy atom. The van der Waals surface area contributed by atoms with Crippen molar-refractivity contribution in [2.24, 2.45) is 0 Å². The zero-order chi connectivity index (χ0) is 15.7. The second-order valence-electron chi connectivity index (χ2n) is 5.11. The van der Waals surface area contributed by atoms with Crippen LogP contribution < -0.4 is 0 Å². The van der Waals surface area contributed by atoms with Gasteiger partial charge in [-0.3, -0.25) is 0 Å². The summed E-state index contributed by atoms with van der Waals surface area (Å²) >= 11 is 3.50. The minimum atomic E-state index is -0.00765. The fourth-order valence-electron chi connectivity index (χ4n) is 2.56. The van der Waals surface area contributed by atoms with E-state index in [1.165, 1.54) is 0 Å². The molecular formula is C16H16BrN3O2. The maximum absolute atomic E-state index is 8.98. The van der Waals surface area contributed by atoms with Gasteiger partial charge in [0.05, 0.1) is 6.61 Å². The second-order valence-corrected chi connectivity index (χ2v) is 6.02. The molecule has 22 heavy (non-hydrogen) atoms. The summed E-state index contributed by atoms with van der Waals surface area (Å²) in [5.74, 6) is 0.908. The average molecular weight is 362 g/mol. The number of benzene rings is 1. The molecule has 5 nitrogen and oxygen atoms in total. The van der Waals surface area contributed by atoms with E-state index in [0.29, 0.717) is 18.2 Å². The summed E-state index contributed by atoms with van der Waals surface area (Å²) in [6.07, 6.45) is 0.364. The van der Waals surface area contributed by atoms with E-state index in [-0.39, 0.29) is 6.61 Å². The van der Waals surface area contributed by atoms with Crippen molar-refractivity contribution in [1.82, 2.24) is 14.8 Å². The van der Waals surface area contributed by atoms with E-state index in [1.807, 2.05) is 38.1 Å². The topological polar surface area (TPSA) is 64.1 Å². The number of aromatic nitrogens is 3. The first-order valence-corrected chi connectivity index (χ1v) is 7.78. The van der Waals surface area contributed by atoms with E-state index < -0.39 is 0 Å². The van der Waals surface area contributed by atoms with E-state index in [9.17, 15) is 0 Å². The van der Waals surface area contributed by atoms with Gasteiger partial charge in [-0.05, 0) is 43.7 Å². The van der Waals surface area contributed by atoms with Gasteiger partial charge < -0.3 is 14.1 Å². The summed E-state index contributed by atoms with van der Waals surface area (Å²) in [6.45, 7) is 4.06. The van der Waals surface area contributed by atoms with Gasteiger partial charge >= 0.3 is 0 Å². The molecule has 0 aliphatic carbocycles. The standard InChI is InChI=1S/C16H16BrN3O2/c1-10-8-11(2)20(13-5-3-4-12(17)9-13)15(10)16-19-18-14(22-16)6-7-21/h3-5,8-9,21H,6-7H2,1-2H3. The number of halogens is 1. The van der Waals surface area contributed by atoms with Gasteiger partial charge in [0, 0.05) is 22.3 Å². The van der Waals surface area contributed by atoms with Crippen LogP contribution >= 0.6 is 15.9 Å². The smallest absolute Gasteiger partial charge is 0.264 e. The number of rotatable bonds is 4. The third-order valence-corrected chi connectivity index (χ3v) is 3.93. The Labute approximate surface area is 136 Å². The molecule has 0 aliphatic rings. The summed E-state index contributed by atoms with van der Waals surface area (Å²) in [7, 11) is 0. The maximum Gasteiger partial charge on any atom is 0.264 e. The monoisotopic (exact) mass is 361 g/mol. The van der Waals surface area contributed by atoms with Crippen LogP contribution in [0.1, 0.15) is 17.1 Å². The zero-order valence-electron chi connectivity index (χ0n) is 12.4. The van der Waals surface area contributed by atoms with E-state index in [0.717, 1.165) is 27.1 Å². The summed E-state index contributed by atoms with van der Waals surface area (Å²) in [5.41, 5.74) is 4.06. The molecular weight excluding hydrogens is 346 g/mol. The molecule has 0 atom stereocenters. The molecule has 0 unspecified atom stereocenters. The average Bonchev–Trinajstić information content (AvgIpc) is 3.03. The third-order valence-electron chi connectivity index (χ3n) is 3.44. The zero-order valence-corrected chi connectivity index (χ0v) is 14.0. The maximum atomic E-state index is 8.98. The van der Waals surface area contributed by atoms with Gasteiger partial charge in [0.15, 0.2) is 0 Å². The Kier molecular flexibility index (Phi) is 4.13. The predicted molar refractivity (Wildman–Crippen MR) is 87.0 cm³/mol. The van der Waals surface area contributed by atoms with Crippen molar-refractivity contribution in [3.63, 3.8) is 0 Å². The van der Waals surface area contributed by atoms with E-state index >= 15 is 0 Å². The van der Waals surface area contributed by atoms with Gasteiger partial charge in [-0.25, -0.2) is 0 Å². The highest BCUT2D eigenvalue weighted by molar-refractivity contribution is 9.10. The fraction of sp³-hybridized carbons (Fsp3) is 0.250. The van der Waals surface area contributed by atoms with Gasteiger partial charge in [0.2, 0.25) is 5.89 Å². The predicted octanol–water partition coefficient (Wildman–Crippen LogP) is 3.44. The van der Waals surface area contributed by atoms with Crippen LogP contribution in [0.25, 0.3) is 17.3 Å². The molecule has 0 aliphatic heterocycles. The highest BCUT2D eigenvalue weighted by Crippen LogP contribution is 2.30. The van der Waals surface area contributed by atoms with Crippen molar-refractivity contribution in [1.29, 1.82) is 0 Å². The third kappa shape index (κ3) is 2.71. The lowest BCUT2D eigenvalue weighted by atomic mass is 10.2. The SMILES string of the molecule is Cc1cc(C)n(-c2cccc(Br)c2)c1-c1nnc(CCO)o1. The number of nitrogens with zero attached hydrogens (tertiary/aromatic N) is 3. The molecule has 3 aromatic rings. The molecule has 6 heteroatoms. The molecule has 0 fully saturated rings. The number of aliphatic hydroxyl groups excluding tert-OH is 1. The van der Waals surface area contributed by atoms with Crippen LogP contribution in [0.2, 0.25) is 0 Å². The Balaban J connectivity index is 2.15.